The van der Waals surface area contributed by atoms with Gasteiger partial charge in [-0.1, -0.05) is 6.08 Å². The monoisotopic (exact) mass is 381 g/mol. The highest BCUT2D eigenvalue weighted by Crippen LogP contribution is 2.51. The lowest BCUT2D eigenvalue weighted by atomic mass is 9.85. The number of rotatable bonds is 4. The zero-order valence-electron chi connectivity index (χ0n) is 17.4. The first-order valence-corrected chi connectivity index (χ1v) is 9.45. The van der Waals surface area contributed by atoms with Gasteiger partial charge in [0.25, 0.3) is 0 Å². The van der Waals surface area contributed by atoms with E-state index in [1.807, 2.05) is 40.7 Å². The molecule has 2 aliphatic rings. The molecular formula is C20H31NO6. The van der Waals surface area contributed by atoms with E-state index in [2.05, 4.69) is 0 Å². The van der Waals surface area contributed by atoms with Crippen molar-refractivity contribution in [3.63, 3.8) is 0 Å². The maximum absolute atomic E-state index is 12.9. The minimum atomic E-state index is -1.01. The van der Waals surface area contributed by atoms with Crippen molar-refractivity contribution in [2.45, 2.75) is 90.5 Å². The summed E-state index contributed by atoms with van der Waals surface area (Å²) in [5.74, 6) is -1.19. The maximum Gasteiger partial charge on any atom is 0.411 e. The van der Waals surface area contributed by atoms with Crippen molar-refractivity contribution in [2.24, 2.45) is 0 Å². The molecule has 0 aromatic rings. The molecule has 0 N–H and O–H groups in total. The molecule has 7 nitrogen and oxygen atoms in total. The van der Waals surface area contributed by atoms with E-state index in [1.54, 1.807) is 11.8 Å². The van der Waals surface area contributed by atoms with Crippen LogP contribution in [-0.2, 0) is 23.8 Å². The Morgan fingerprint density at radius 2 is 1.85 bits per heavy atom. The van der Waals surface area contributed by atoms with Gasteiger partial charge in [0.2, 0.25) is 0 Å². The summed E-state index contributed by atoms with van der Waals surface area (Å²) in [6.07, 6.45) is 2.28. The van der Waals surface area contributed by atoms with Crippen molar-refractivity contribution in [1.82, 2.24) is 4.90 Å². The van der Waals surface area contributed by atoms with Gasteiger partial charge in [-0.3, -0.25) is 4.90 Å². The molecule has 2 bridgehead atoms. The van der Waals surface area contributed by atoms with E-state index in [0.29, 0.717) is 18.4 Å². The van der Waals surface area contributed by atoms with E-state index >= 15 is 0 Å². The lowest BCUT2D eigenvalue weighted by Crippen LogP contribution is -2.59. The van der Waals surface area contributed by atoms with E-state index in [4.69, 9.17) is 14.2 Å². The average Bonchev–Trinajstić information content (AvgIpc) is 2.70. The van der Waals surface area contributed by atoms with Crippen LogP contribution in [-0.4, -0.2) is 52.3 Å². The minimum absolute atomic E-state index is 0.214. The lowest BCUT2D eigenvalue weighted by molar-refractivity contribution is -0.164. The van der Waals surface area contributed by atoms with Crippen molar-refractivity contribution in [3.8, 4) is 0 Å². The fourth-order valence-corrected chi connectivity index (χ4v) is 3.89. The second-order valence-electron chi connectivity index (χ2n) is 8.71. The van der Waals surface area contributed by atoms with Gasteiger partial charge in [-0.25, -0.2) is 14.4 Å². The van der Waals surface area contributed by atoms with Crippen molar-refractivity contribution < 1.29 is 28.6 Å². The molecule has 2 heterocycles. The SMILES string of the molecule is CCOC(=O)[C@H](C)OC(=O)C1=CC[C@]2(C)CC[C@@]1(C)N2C(=O)OC(C)(C)C. The second kappa shape index (κ2) is 7.17. The smallest absolute Gasteiger partial charge is 0.411 e. The molecule has 2 rings (SSSR count). The van der Waals surface area contributed by atoms with Crippen LogP contribution in [0.5, 0.6) is 0 Å². The first-order chi connectivity index (χ1) is 12.3. The van der Waals surface area contributed by atoms with E-state index < -0.39 is 40.8 Å². The molecule has 0 aromatic heterocycles. The fraction of sp³-hybridized carbons (Fsp3) is 0.750. The normalized spacial score (nSPS) is 28.3. The van der Waals surface area contributed by atoms with Crippen LogP contribution in [0.2, 0.25) is 0 Å². The predicted octanol–water partition coefficient (Wildman–Crippen LogP) is 3.36. The van der Waals surface area contributed by atoms with Crippen molar-refractivity contribution in [3.05, 3.63) is 11.6 Å². The van der Waals surface area contributed by atoms with Crippen LogP contribution >= 0.6 is 0 Å². The number of carbonyl (C=O) groups excluding carboxylic acids is 3. The summed E-state index contributed by atoms with van der Waals surface area (Å²) in [6.45, 7) is 12.7. The molecule has 0 unspecified atom stereocenters. The quantitative estimate of drug-likeness (QED) is 0.549. The molecule has 0 aliphatic carbocycles. The first kappa shape index (κ1) is 21.3. The molecule has 0 radical (unpaired) electrons. The Hall–Kier alpha value is -2.05. The van der Waals surface area contributed by atoms with Crippen LogP contribution in [0.3, 0.4) is 0 Å². The molecule has 0 saturated carbocycles. The third-order valence-corrected chi connectivity index (χ3v) is 5.21. The largest absolute Gasteiger partial charge is 0.463 e. The van der Waals surface area contributed by atoms with Gasteiger partial charge in [-0.15, -0.1) is 0 Å². The number of carbonyl (C=O) groups is 3. The Kier molecular flexibility index (Phi) is 5.64. The molecular weight excluding hydrogens is 350 g/mol. The van der Waals surface area contributed by atoms with E-state index in [-0.39, 0.29) is 6.61 Å². The van der Waals surface area contributed by atoms with Crippen LogP contribution in [0.25, 0.3) is 0 Å². The van der Waals surface area contributed by atoms with Crippen molar-refractivity contribution >= 4 is 18.0 Å². The van der Waals surface area contributed by atoms with Gasteiger partial charge >= 0.3 is 18.0 Å². The summed E-state index contributed by atoms with van der Waals surface area (Å²) in [7, 11) is 0. The molecule has 1 amide bonds. The predicted molar refractivity (Wildman–Crippen MR) is 99.0 cm³/mol. The zero-order chi connectivity index (χ0) is 20.6. The molecule has 3 atom stereocenters. The molecule has 1 fully saturated rings. The number of ether oxygens (including phenoxy) is 3. The molecule has 0 spiro atoms. The zero-order valence-corrected chi connectivity index (χ0v) is 17.4. The van der Waals surface area contributed by atoms with Crippen LogP contribution in [0.1, 0.15) is 67.7 Å². The molecule has 7 heteroatoms. The first-order valence-electron chi connectivity index (χ1n) is 9.45. The van der Waals surface area contributed by atoms with Crippen LogP contribution in [0.4, 0.5) is 4.79 Å². The van der Waals surface area contributed by atoms with Crippen molar-refractivity contribution in [2.75, 3.05) is 6.61 Å². The fourth-order valence-electron chi connectivity index (χ4n) is 3.89. The summed E-state index contributed by atoms with van der Waals surface area (Å²) in [5, 5.41) is 0. The summed E-state index contributed by atoms with van der Waals surface area (Å²) in [4.78, 5) is 39.2. The summed E-state index contributed by atoms with van der Waals surface area (Å²) >= 11 is 0. The Balaban J connectivity index is 2.26. The van der Waals surface area contributed by atoms with Gasteiger partial charge in [0.1, 0.15) is 5.60 Å². The van der Waals surface area contributed by atoms with E-state index in [1.165, 1.54) is 6.92 Å². The van der Waals surface area contributed by atoms with Gasteiger partial charge in [0.05, 0.1) is 17.7 Å². The number of esters is 2. The Morgan fingerprint density at radius 1 is 1.22 bits per heavy atom. The molecule has 27 heavy (non-hydrogen) atoms. The van der Waals surface area contributed by atoms with Gasteiger partial charge < -0.3 is 14.2 Å². The van der Waals surface area contributed by atoms with Gasteiger partial charge in [0, 0.05) is 5.54 Å². The highest BCUT2D eigenvalue weighted by molar-refractivity contribution is 5.94. The summed E-state index contributed by atoms with van der Waals surface area (Å²) < 4.78 is 15.8. The summed E-state index contributed by atoms with van der Waals surface area (Å²) in [6, 6.07) is 0. The van der Waals surface area contributed by atoms with E-state index in [0.717, 1.165) is 6.42 Å². The third kappa shape index (κ3) is 4.12. The number of fused-ring (bicyclic) bond motifs is 2. The Bertz CT molecular complexity index is 664. The maximum atomic E-state index is 12.9. The number of hydrogen-bond donors (Lipinski definition) is 0. The highest BCUT2D eigenvalue weighted by Gasteiger charge is 2.59. The van der Waals surface area contributed by atoms with Gasteiger partial charge in [0.15, 0.2) is 6.10 Å². The van der Waals surface area contributed by atoms with Crippen LogP contribution < -0.4 is 0 Å². The van der Waals surface area contributed by atoms with Crippen LogP contribution in [0, 0.1) is 0 Å². The number of hydrogen-bond acceptors (Lipinski definition) is 6. The molecule has 1 saturated heterocycles. The topological polar surface area (TPSA) is 82.1 Å². The summed E-state index contributed by atoms with van der Waals surface area (Å²) in [5.41, 5.74) is -1.49. The Labute approximate surface area is 161 Å². The molecule has 0 aromatic carbocycles. The van der Waals surface area contributed by atoms with Crippen LogP contribution in [0.15, 0.2) is 11.6 Å². The highest BCUT2D eigenvalue weighted by atomic mass is 16.6. The second-order valence-corrected chi connectivity index (χ2v) is 8.71. The van der Waals surface area contributed by atoms with Gasteiger partial charge in [-0.05, 0) is 67.7 Å². The van der Waals surface area contributed by atoms with Crippen molar-refractivity contribution in [1.29, 1.82) is 0 Å². The standard InChI is InChI=1S/C20H31NO6/c1-8-25-15(22)13(2)26-16(23)14-9-10-19(6)11-12-20(14,7)21(19)17(24)27-18(3,4)5/h9,13H,8,10-12H2,1-7H3/t13-,19+,20+/m0/s1. The minimum Gasteiger partial charge on any atom is -0.463 e. The third-order valence-electron chi connectivity index (χ3n) is 5.21. The molecule has 152 valence electrons. The van der Waals surface area contributed by atoms with E-state index in [9.17, 15) is 14.4 Å². The lowest BCUT2D eigenvalue weighted by Gasteiger charge is -2.47. The Morgan fingerprint density at radius 3 is 2.41 bits per heavy atom. The number of amides is 1. The molecule has 2 aliphatic heterocycles. The average molecular weight is 381 g/mol. The van der Waals surface area contributed by atoms with Gasteiger partial charge in [-0.2, -0.15) is 0 Å². The number of nitrogens with zero attached hydrogens (tertiary/aromatic N) is 1.